The second kappa shape index (κ2) is 9.14. The summed E-state index contributed by atoms with van der Waals surface area (Å²) in [6.07, 6.45) is 3.95. The lowest BCUT2D eigenvalue weighted by Crippen LogP contribution is -2.26. The van der Waals surface area contributed by atoms with Crippen LogP contribution in [0.15, 0.2) is 48.5 Å². The van der Waals surface area contributed by atoms with E-state index < -0.39 is 0 Å². The van der Waals surface area contributed by atoms with E-state index in [1.807, 2.05) is 43.3 Å². The van der Waals surface area contributed by atoms with E-state index in [0.29, 0.717) is 16.5 Å². The molecule has 5 heteroatoms. The Labute approximate surface area is 153 Å². The van der Waals surface area contributed by atoms with Crippen LogP contribution in [0, 0.1) is 0 Å². The fourth-order valence-electron chi connectivity index (χ4n) is 2.49. The third-order valence-corrected chi connectivity index (χ3v) is 4.20. The van der Waals surface area contributed by atoms with E-state index in [4.69, 9.17) is 21.1 Å². The van der Waals surface area contributed by atoms with Crippen molar-refractivity contribution in [3.05, 3.63) is 64.7 Å². The number of benzene rings is 2. The van der Waals surface area contributed by atoms with E-state index in [1.165, 1.54) is 6.08 Å². The largest absolute Gasteiger partial charge is 0.493 e. The predicted octanol–water partition coefficient (Wildman–Crippen LogP) is 4.64. The van der Waals surface area contributed by atoms with Gasteiger partial charge in [0.15, 0.2) is 11.5 Å². The van der Waals surface area contributed by atoms with E-state index in [9.17, 15) is 4.79 Å². The molecule has 0 fully saturated rings. The van der Waals surface area contributed by atoms with Crippen molar-refractivity contribution in [3.8, 4) is 11.5 Å². The van der Waals surface area contributed by atoms with Crippen molar-refractivity contribution in [3.63, 3.8) is 0 Å². The van der Waals surface area contributed by atoms with Crippen LogP contribution in [0.3, 0.4) is 0 Å². The summed E-state index contributed by atoms with van der Waals surface area (Å²) in [7, 11) is 3.18. The molecule has 132 valence electrons. The lowest BCUT2D eigenvalue weighted by atomic mass is 10.0. The molecule has 0 aliphatic carbocycles. The molecule has 2 aromatic rings. The maximum Gasteiger partial charge on any atom is 0.244 e. The molecule has 0 saturated heterocycles. The smallest absolute Gasteiger partial charge is 0.244 e. The van der Waals surface area contributed by atoms with Crippen molar-refractivity contribution < 1.29 is 14.3 Å². The molecule has 0 aromatic heterocycles. The Bertz CT molecular complexity index is 758. The van der Waals surface area contributed by atoms with Crippen LogP contribution in [0.5, 0.6) is 11.5 Å². The molecule has 0 saturated carbocycles. The van der Waals surface area contributed by atoms with Crippen molar-refractivity contribution in [1.82, 2.24) is 5.32 Å². The molecule has 1 amide bonds. The van der Waals surface area contributed by atoms with Gasteiger partial charge in [-0.15, -0.1) is 0 Å². The van der Waals surface area contributed by atoms with Gasteiger partial charge in [-0.3, -0.25) is 4.79 Å². The van der Waals surface area contributed by atoms with Gasteiger partial charge in [0, 0.05) is 11.1 Å². The monoisotopic (exact) mass is 359 g/mol. The number of carbonyl (C=O) groups excluding carboxylic acids is 1. The summed E-state index contributed by atoms with van der Waals surface area (Å²) in [5, 5.41) is 3.61. The minimum Gasteiger partial charge on any atom is -0.493 e. The first kappa shape index (κ1) is 18.9. The zero-order valence-electron chi connectivity index (χ0n) is 14.6. The molecule has 4 nitrogen and oxygen atoms in total. The van der Waals surface area contributed by atoms with Gasteiger partial charge in [-0.2, -0.15) is 0 Å². The average molecular weight is 360 g/mol. The van der Waals surface area contributed by atoms with Gasteiger partial charge in [0.1, 0.15) is 0 Å². The van der Waals surface area contributed by atoms with Crippen LogP contribution in [0.4, 0.5) is 0 Å². The number of nitrogens with one attached hydrogen (secondary N) is 1. The first-order chi connectivity index (χ1) is 12.1. The number of hydrogen-bond acceptors (Lipinski definition) is 3. The average Bonchev–Trinajstić information content (AvgIpc) is 2.64. The molecule has 0 bridgehead atoms. The Balaban J connectivity index is 2.11. The SMILES string of the molecule is CC[C@H](NC(=O)/C=C/c1ccccc1Cl)c1ccc(OC)c(OC)c1. The van der Waals surface area contributed by atoms with Gasteiger partial charge in [0.05, 0.1) is 20.3 Å². The highest BCUT2D eigenvalue weighted by Crippen LogP contribution is 2.30. The Kier molecular flexibility index (Phi) is 6.90. The Morgan fingerprint density at radius 1 is 1.16 bits per heavy atom. The number of halogens is 1. The van der Waals surface area contributed by atoms with Gasteiger partial charge < -0.3 is 14.8 Å². The van der Waals surface area contributed by atoms with Crippen molar-refractivity contribution in [2.45, 2.75) is 19.4 Å². The van der Waals surface area contributed by atoms with E-state index in [-0.39, 0.29) is 11.9 Å². The van der Waals surface area contributed by atoms with E-state index in [0.717, 1.165) is 17.5 Å². The van der Waals surface area contributed by atoms with Gasteiger partial charge in [-0.05, 0) is 41.8 Å². The van der Waals surface area contributed by atoms with E-state index in [2.05, 4.69) is 5.32 Å². The summed E-state index contributed by atoms with van der Waals surface area (Å²) in [6.45, 7) is 2.01. The van der Waals surface area contributed by atoms with Gasteiger partial charge in [0.2, 0.25) is 5.91 Å². The number of amides is 1. The van der Waals surface area contributed by atoms with Crippen molar-refractivity contribution in [2.75, 3.05) is 14.2 Å². The Hall–Kier alpha value is -2.46. The summed E-state index contributed by atoms with van der Waals surface area (Å²) in [6, 6.07) is 12.9. The number of hydrogen-bond donors (Lipinski definition) is 1. The summed E-state index contributed by atoms with van der Waals surface area (Å²) in [4.78, 5) is 12.3. The summed E-state index contributed by atoms with van der Waals surface area (Å²) < 4.78 is 10.6. The molecular weight excluding hydrogens is 338 g/mol. The first-order valence-corrected chi connectivity index (χ1v) is 8.41. The molecule has 1 N–H and O–H groups in total. The van der Waals surface area contributed by atoms with Crippen LogP contribution in [0.1, 0.15) is 30.5 Å². The summed E-state index contributed by atoms with van der Waals surface area (Å²) in [5.74, 6) is 1.12. The van der Waals surface area contributed by atoms with Crippen LogP contribution >= 0.6 is 11.6 Å². The third kappa shape index (κ3) is 5.00. The number of ether oxygens (including phenoxy) is 2. The second-order valence-electron chi connectivity index (χ2n) is 5.44. The molecule has 0 spiro atoms. The summed E-state index contributed by atoms with van der Waals surface area (Å²) in [5.41, 5.74) is 1.76. The van der Waals surface area contributed by atoms with Gasteiger partial charge >= 0.3 is 0 Å². The number of methoxy groups -OCH3 is 2. The molecule has 0 radical (unpaired) electrons. The fourth-order valence-corrected chi connectivity index (χ4v) is 2.68. The predicted molar refractivity (Wildman–Crippen MR) is 101 cm³/mol. The topological polar surface area (TPSA) is 47.6 Å². The van der Waals surface area contributed by atoms with Crippen molar-refractivity contribution >= 4 is 23.6 Å². The van der Waals surface area contributed by atoms with Gasteiger partial charge in [-0.1, -0.05) is 42.8 Å². The van der Waals surface area contributed by atoms with Crippen LogP contribution < -0.4 is 14.8 Å². The molecule has 0 unspecified atom stereocenters. The Morgan fingerprint density at radius 2 is 1.88 bits per heavy atom. The van der Waals surface area contributed by atoms with Crippen LogP contribution in [-0.2, 0) is 4.79 Å². The second-order valence-corrected chi connectivity index (χ2v) is 5.85. The van der Waals surface area contributed by atoms with Crippen LogP contribution in [0.2, 0.25) is 5.02 Å². The van der Waals surface area contributed by atoms with Crippen LogP contribution in [-0.4, -0.2) is 20.1 Å². The molecule has 0 aliphatic rings. The van der Waals surface area contributed by atoms with E-state index >= 15 is 0 Å². The molecule has 1 atom stereocenters. The van der Waals surface area contributed by atoms with Crippen molar-refractivity contribution in [1.29, 1.82) is 0 Å². The number of rotatable bonds is 7. The normalized spacial score (nSPS) is 12.0. The third-order valence-electron chi connectivity index (χ3n) is 3.85. The zero-order chi connectivity index (χ0) is 18.2. The number of carbonyl (C=O) groups is 1. The maximum atomic E-state index is 12.3. The van der Waals surface area contributed by atoms with Gasteiger partial charge in [-0.25, -0.2) is 0 Å². The maximum absolute atomic E-state index is 12.3. The highest BCUT2D eigenvalue weighted by molar-refractivity contribution is 6.32. The van der Waals surface area contributed by atoms with Crippen molar-refractivity contribution in [2.24, 2.45) is 0 Å². The molecule has 0 heterocycles. The molecule has 25 heavy (non-hydrogen) atoms. The lowest BCUT2D eigenvalue weighted by molar-refractivity contribution is -0.117. The van der Waals surface area contributed by atoms with E-state index in [1.54, 1.807) is 26.4 Å². The minimum absolute atomic E-state index is 0.122. The lowest BCUT2D eigenvalue weighted by Gasteiger charge is -2.18. The molecule has 2 aromatic carbocycles. The fraction of sp³-hybridized carbons (Fsp3) is 0.250. The van der Waals surface area contributed by atoms with Gasteiger partial charge in [0.25, 0.3) is 0 Å². The molecular formula is C20H22ClNO3. The molecule has 0 aliphatic heterocycles. The minimum atomic E-state index is -0.179. The first-order valence-electron chi connectivity index (χ1n) is 8.04. The quantitative estimate of drug-likeness (QED) is 0.733. The standard InChI is InChI=1S/C20H22ClNO3/c1-4-17(15-9-11-18(24-2)19(13-15)25-3)22-20(23)12-10-14-7-5-6-8-16(14)21/h5-13,17H,4H2,1-3H3,(H,22,23)/b12-10+/t17-/m0/s1. The highest BCUT2D eigenvalue weighted by Gasteiger charge is 2.14. The Morgan fingerprint density at radius 3 is 2.52 bits per heavy atom. The van der Waals surface area contributed by atoms with Crippen LogP contribution in [0.25, 0.3) is 6.08 Å². The highest BCUT2D eigenvalue weighted by atomic mass is 35.5. The summed E-state index contributed by atoms with van der Waals surface area (Å²) >= 11 is 6.09. The molecule has 2 rings (SSSR count). The zero-order valence-corrected chi connectivity index (χ0v) is 15.3.